The summed E-state index contributed by atoms with van der Waals surface area (Å²) in [5.74, 6) is -1.09. The van der Waals surface area contributed by atoms with Crippen LogP contribution in [0.4, 0.5) is 0 Å². The molecule has 7 heteroatoms. The first-order chi connectivity index (χ1) is 8.97. The van der Waals surface area contributed by atoms with Crippen molar-refractivity contribution >= 4 is 40.5 Å². The van der Waals surface area contributed by atoms with Crippen molar-refractivity contribution in [3.63, 3.8) is 0 Å². The Hall–Kier alpha value is -1.30. The summed E-state index contributed by atoms with van der Waals surface area (Å²) in [5, 5.41) is 10.1. The maximum atomic E-state index is 10.9. The van der Waals surface area contributed by atoms with Gasteiger partial charge < -0.3 is 9.84 Å². The van der Waals surface area contributed by atoms with Gasteiger partial charge in [0.05, 0.1) is 10.9 Å². The Balaban J connectivity index is 2.18. The van der Waals surface area contributed by atoms with E-state index in [4.69, 9.17) is 33.0 Å². The van der Waals surface area contributed by atoms with Crippen molar-refractivity contribution < 1.29 is 14.6 Å². The third-order valence-corrected chi connectivity index (χ3v) is 3.98. The van der Waals surface area contributed by atoms with E-state index in [1.54, 1.807) is 25.1 Å². The molecule has 1 atom stereocenters. The standard InChI is InChI=1S/C12H9Cl2NO3S/c1-6(11(16)17)10-5-15-12(19-10)18-9-3-2-7(13)4-8(9)14/h2-6H,1H3,(H,16,17). The smallest absolute Gasteiger partial charge is 0.311 e. The van der Waals surface area contributed by atoms with Crippen molar-refractivity contribution in [2.24, 2.45) is 0 Å². The summed E-state index contributed by atoms with van der Waals surface area (Å²) in [7, 11) is 0. The molecule has 0 radical (unpaired) electrons. The van der Waals surface area contributed by atoms with E-state index in [-0.39, 0.29) is 0 Å². The molecule has 4 nitrogen and oxygen atoms in total. The number of aromatic nitrogens is 1. The second-order valence-electron chi connectivity index (χ2n) is 3.77. The van der Waals surface area contributed by atoms with Crippen molar-refractivity contribution in [2.75, 3.05) is 0 Å². The van der Waals surface area contributed by atoms with Crippen molar-refractivity contribution in [3.8, 4) is 10.9 Å². The fourth-order valence-corrected chi connectivity index (χ4v) is 2.56. The van der Waals surface area contributed by atoms with Crippen LogP contribution in [0.15, 0.2) is 24.4 Å². The van der Waals surface area contributed by atoms with Gasteiger partial charge in [0, 0.05) is 16.1 Å². The van der Waals surface area contributed by atoms with E-state index in [0.717, 1.165) is 0 Å². The highest BCUT2D eigenvalue weighted by Crippen LogP contribution is 2.35. The molecule has 0 amide bonds. The molecule has 0 aliphatic heterocycles. The molecule has 0 aliphatic rings. The summed E-state index contributed by atoms with van der Waals surface area (Å²) in [6.07, 6.45) is 1.49. The van der Waals surface area contributed by atoms with Gasteiger partial charge in [0.2, 0.25) is 0 Å². The van der Waals surface area contributed by atoms with Gasteiger partial charge in [-0.25, -0.2) is 4.98 Å². The Morgan fingerprint density at radius 3 is 2.84 bits per heavy atom. The van der Waals surface area contributed by atoms with Crippen LogP contribution in [0.2, 0.25) is 10.0 Å². The summed E-state index contributed by atoms with van der Waals surface area (Å²) in [6.45, 7) is 1.59. The number of carboxylic acid groups (broad SMARTS) is 1. The first-order valence-corrected chi connectivity index (χ1v) is 6.86. The summed E-state index contributed by atoms with van der Waals surface area (Å²) in [4.78, 5) is 15.5. The Kier molecular flexibility index (Phi) is 4.29. The van der Waals surface area contributed by atoms with Gasteiger partial charge in [-0.05, 0) is 25.1 Å². The molecule has 1 aromatic carbocycles. The molecule has 0 bridgehead atoms. The molecule has 0 fully saturated rings. The van der Waals surface area contributed by atoms with Crippen LogP contribution in [0, 0.1) is 0 Å². The zero-order valence-electron chi connectivity index (χ0n) is 9.76. The second kappa shape index (κ2) is 5.77. The first kappa shape index (κ1) is 14.1. The number of halogens is 2. The molecular formula is C12H9Cl2NO3S. The summed E-state index contributed by atoms with van der Waals surface area (Å²) >= 11 is 12.9. The zero-order valence-corrected chi connectivity index (χ0v) is 12.1. The average Bonchev–Trinajstić information content (AvgIpc) is 2.80. The lowest BCUT2D eigenvalue weighted by Crippen LogP contribution is -2.05. The number of benzene rings is 1. The highest BCUT2D eigenvalue weighted by Gasteiger charge is 2.18. The van der Waals surface area contributed by atoms with E-state index in [2.05, 4.69) is 4.98 Å². The monoisotopic (exact) mass is 317 g/mol. The van der Waals surface area contributed by atoms with Gasteiger partial charge in [-0.2, -0.15) is 0 Å². The maximum absolute atomic E-state index is 10.9. The van der Waals surface area contributed by atoms with E-state index in [9.17, 15) is 4.79 Å². The molecule has 0 aliphatic carbocycles. The van der Waals surface area contributed by atoms with Crippen molar-refractivity contribution in [3.05, 3.63) is 39.3 Å². The third-order valence-electron chi connectivity index (χ3n) is 2.39. The number of carboxylic acids is 1. The van der Waals surface area contributed by atoms with E-state index < -0.39 is 11.9 Å². The number of hydrogen-bond acceptors (Lipinski definition) is 4. The fourth-order valence-electron chi connectivity index (χ4n) is 1.29. The van der Waals surface area contributed by atoms with E-state index in [1.165, 1.54) is 17.5 Å². The van der Waals surface area contributed by atoms with Crippen LogP contribution in [0.5, 0.6) is 10.9 Å². The van der Waals surface area contributed by atoms with Crippen LogP contribution < -0.4 is 4.74 Å². The van der Waals surface area contributed by atoms with E-state index in [1.807, 2.05) is 0 Å². The van der Waals surface area contributed by atoms with Gasteiger partial charge in [0.1, 0.15) is 5.75 Å². The normalized spacial score (nSPS) is 12.2. The number of aliphatic carboxylic acids is 1. The summed E-state index contributed by atoms with van der Waals surface area (Å²) < 4.78 is 5.50. The molecule has 0 saturated carbocycles. The lowest BCUT2D eigenvalue weighted by atomic mass is 10.2. The first-order valence-electron chi connectivity index (χ1n) is 5.29. The average molecular weight is 318 g/mol. The molecule has 1 aromatic heterocycles. The van der Waals surface area contributed by atoms with E-state index in [0.29, 0.717) is 25.9 Å². The number of ether oxygens (including phenoxy) is 1. The van der Waals surface area contributed by atoms with Gasteiger partial charge in [-0.3, -0.25) is 4.79 Å². The molecule has 19 heavy (non-hydrogen) atoms. The lowest BCUT2D eigenvalue weighted by Gasteiger charge is -2.04. The molecule has 1 heterocycles. The minimum atomic E-state index is -0.903. The highest BCUT2D eigenvalue weighted by atomic mass is 35.5. The minimum absolute atomic E-state index is 0.340. The number of hydrogen-bond donors (Lipinski definition) is 1. The van der Waals surface area contributed by atoms with Crippen LogP contribution in [0.25, 0.3) is 0 Å². The zero-order chi connectivity index (χ0) is 14.0. The summed E-state index contributed by atoms with van der Waals surface area (Å²) in [6, 6.07) is 4.84. The van der Waals surface area contributed by atoms with Crippen LogP contribution in [0.3, 0.4) is 0 Å². The van der Waals surface area contributed by atoms with Gasteiger partial charge in [0.15, 0.2) is 0 Å². The molecular weight excluding hydrogens is 309 g/mol. The minimum Gasteiger partial charge on any atom is -0.481 e. The number of carbonyl (C=O) groups is 1. The van der Waals surface area contributed by atoms with Crippen LogP contribution in [-0.2, 0) is 4.79 Å². The molecule has 1 unspecified atom stereocenters. The maximum Gasteiger partial charge on any atom is 0.311 e. The van der Waals surface area contributed by atoms with Gasteiger partial charge in [-0.15, -0.1) is 0 Å². The largest absolute Gasteiger partial charge is 0.481 e. The van der Waals surface area contributed by atoms with Crippen molar-refractivity contribution in [2.45, 2.75) is 12.8 Å². The molecule has 2 aromatic rings. The molecule has 2 rings (SSSR count). The predicted octanol–water partition coefficient (Wildman–Crippen LogP) is 4.43. The van der Waals surface area contributed by atoms with Crippen LogP contribution in [0.1, 0.15) is 17.7 Å². The molecule has 0 saturated heterocycles. The van der Waals surface area contributed by atoms with E-state index >= 15 is 0 Å². The highest BCUT2D eigenvalue weighted by molar-refractivity contribution is 7.13. The second-order valence-corrected chi connectivity index (χ2v) is 5.63. The molecule has 100 valence electrons. The Labute approximate surface area is 123 Å². The van der Waals surface area contributed by atoms with Gasteiger partial charge in [-0.1, -0.05) is 34.5 Å². The molecule has 0 spiro atoms. The quantitative estimate of drug-likeness (QED) is 0.906. The third kappa shape index (κ3) is 3.37. The lowest BCUT2D eigenvalue weighted by molar-refractivity contribution is -0.138. The van der Waals surface area contributed by atoms with Crippen molar-refractivity contribution in [1.29, 1.82) is 0 Å². The van der Waals surface area contributed by atoms with Crippen LogP contribution >= 0.6 is 34.5 Å². The number of nitrogens with zero attached hydrogens (tertiary/aromatic N) is 1. The summed E-state index contributed by atoms with van der Waals surface area (Å²) in [5.41, 5.74) is 0. The van der Waals surface area contributed by atoms with Crippen molar-refractivity contribution in [1.82, 2.24) is 4.98 Å². The fraction of sp³-hybridized carbons (Fsp3) is 0.167. The van der Waals surface area contributed by atoms with Gasteiger partial charge >= 0.3 is 5.97 Å². The topological polar surface area (TPSA) is 59.4 Å². The Bertz CT molecular complexity index is 615. The Morgan fingerprint density at radius 1 is 1.47 bits per heavy atom. The number of thiazole rings is 1. The predicted molar refractivity (Wildman–Crippen MR) is 74.7 cm³/mol. The Morgan fingerprint density at radius 2 is 2.21 bits per heavy atom. The SMILES string of the molecule is CC(C(=O)O)c1cnc(Oc2ccc(Cl)cc2Cl)s1. The molecule has 1 N–H and O–H groups in total. The van der Waals surface area contributed by atoms with Gasteiger partial charge in [0.25, 0.3) is 5.19 Å². The number of rotatable bonds is 4. The van der Waals surface area contributed by atoms with Crippen LogP contribution in [-0.4, -0.2) is 16.1 Å².